The molecule has 0 aliphatic heterocycles. The van der Waals surface area contributed by atoms with Crippen LogP contribution in [0, 0.1) is 0 Å². The lowest BCUT2D eigenvalue weighted by molar-refractivity contribution is 0.0952. The van der Waals surface area contributed by atoms with Gasteiger partial charge in [0, 0.05) is 17.8 Å². The van der Waals surface area contributed by atoms with Crippen molar-refractivity contribution in [3.63, 3.8) is 0 Å². The molecule has 0 aliphatic carbocycles. The fourth-order valence-electron chi connectivity index (χ4n) is 1.64. The summed E-state index contributed by atoms with van der Waals surface area (Å²) in [6.07, 6.45) is 1.93. The molecule has 0 radical (unpaired) electrons. The molecule has 1 amide bonds. The van der Waals surface area contributed by atoms with Gasteiger partial charge in [0.05, 0.1) is 6.26 Å². The van der Waals surface area contributed by atoms with Crippen molar-refractivity contribution in [2.75, 3.05) is 38.2 Å². The molecule has 0 saturated heterocycles. The fourth-order valence-corrected chi connectivity index (χ4v) is 2.19. The number of benzene rings is 1. The average Bonchev–Trinajstić information content (AvgIpc) is 2.32. The molecular weight excluding hydrogens is 278 g/mol. The first kappa shape index (κ1) is 16.5. The van der Waals surface area contributed by atoms with E-state index in [-0.39, 0.29) is 5.91 Å². The second kappa shape index (κ2) is 7.25. The summed E-state index contributed by atoms with van der Waals surface area (Å²) in [7, 11) is 0.611. The van der Waals surface area contributed by atoms with Gasteiger partial charge < -0.3 is 10.2 Å². The second-order valence-corrected chi connectivity index (χ2v) is 6.62. The van der Waals surface area contributed by atoms with E-state index in [0.717, 1.165) is 19.2 Å². The first-order chi connectivity index (χ1) is 9.28. The van der Waals surface area contributed by atoms with E-state index in [2.05, 4.69) is 10.0 Å². The first-order valence-electron chi connectivity index (χ1n) is 6.29. The quantitative estimate of drug-likeness (QED) is 0.728. The topological polar surface area (TPSA) is 78.5 Å². The number of carbonyl (C=O) groups is 1. The maximum absolute atomic E-state index is 11.9. The Balaban J connectivity index is 2.58. The third-order valence-corrected chi connectivity index (χ3v) is 3.10. The molecule has 0 aromatic heterocycles. The van der Waals surface area contributed by atoms with Gasteiger partial charge in [-0.2, -0.15) is 0 Å². The standard InChI is InChI=1S/C13H21N3O3S/c1-16(2)9-5-8-14-13(17)11-6-4-7-12(10-11)15-20(3,18)19/h4,6-7,10,15H,5,8-9H2,1-3H3,(H,14,17). The van der Waals surface area contributed by atoms with Crippen LogP contribution in [0.4, 0.5) is 5.69 Å². The molecule has 0 heterocycles. The molecule has 112 valence electrons. The summed E-state index contributed by atoms with van der Waals surface area (Å²) in [5.41, 5.74) is 0.817. The summed E-state index contributed by atoms with van der Waals surface area (Å²) in [4.78, 5) is 13.9. The van der Waals surface area contributed by atoms with Crippen LogP contribution >= 0.6 is 0 Å². The number of hydrogen-bond donors (Lipinski definition) is 2. The Morgan fingerprint density at radius 3 is 2.60 bits per heavy atom. The molecule has 1 aromatic carbocycles. The van der Waals surface area contributed by atoms with Crippen LogP contribution in [0.25, 0.3) is 0 Å². The van der Waals surface area contributed by atoms with E-state index < -0.39 is 10.0 Å². The Kier molecular flexibility index (Phi) is 5.97. The maximum atomic E-state index is 11.9. The smallest absolute Gasteiger partial charge is 0.251 e. The lowest BCUT2D eigenvalue weighted by Crippen LogP contribution is -2.27. The predicted molar refractivity (Wildman–Crippen MR) is 80.4 cm³/mol. The van der Waals surface area contributed by atoms with Crippen LogP contribution in [-0.2, 0) is 10.0 Å². The zero-order valence-electron chi connectivity index (χ0n) is 12.0. The Morgan fingerprint density at radius 2 is 2.00 bits per heavy atom. The molecule has 20 heavy (non-hydrogen) atoms. The Labute approximate surface area is 120 Å². The van der Waals surface area contributed by atoms with Crippen molar-refractivity contribution in [1.29, 1.82) is 0 Å². The number of anilines is 1. The summed E-state index contributed by atoms with van der Waals surface area (Å²) < 4.78 is 24.6. The van der Waals surface area contributed by atoms with Gasteiger partial charge in [0.25, 0.3) is 5.91 Å². The molecule has 1 rings (SSSR count). The van der Waals surface area contributed by atoms with E-state index in [0.29, 0.717) is 17.8 Å². The molecule has 0 atom stereocenters. The molecule has 0 bridgehead atoms. The molecule has 0 saturated carbocycles. The van der Waals surface area contributed by atoms with Crippen LogP contribution in [0.3, 0.4) is 0 Å². The highest BCUT2D eigenvalue weighted by molar-refractivity contribution is 7.92. The minimum absolute atomic E-state index is 0.207. The van der Waals surface area contributed by atoms with Gasteiger partial charge in [-0.15, -0.1) is 0 Å². The highest BCUT2D eigenvalue weighted by Gasteiger charge is 2.07. The van der Waals surface area contributed by atoms with E-state index in [1.165, 1.54) is 6.07 Å². The van der Waals surface area contributed by atoms with Gasteiger partial charge in [-0.3, -0.25) is 9.52 Å². The molecule has 6 nitrogen and oxygen atoms in total. The van der Waals surface area contributed by atoms with Gasteiger partial charge in [-0.25, -0.2) is 8.42 Å². The van der Waals surface area contributed by atoms with Crippen LogP contribution in [-0.4, -0.2) is 52.7 Å². The molecule has 7 heteroatoms. The van der Waals surface area contributed by atoms with Crippen LogP contribution in [0.2, 0.25) is 0 Å². The van der Waals surface area contributed by atoms with Crippen molar-refractivity contribution in [2.24, 2.45) is 0 Å². The number of carbonyl (C=O) groups excluding carboxylic acids is 1. The lowest BCUT2D eigenvalue weighted by atomic mass is 10.2. The highest BCUT2D eigenvalue weighted by Crippen LogP contribution is 2.11. The average molecular weight is 299 g/mol. The second-order valence-electron chi connectivity index (χ2n) is 4.87. The van der Waals surface area contributed by atoms with E-state index >= 15 is 0 Å². The number of rotatable bonds is 7. The van der Waals surface area contributed by atoms with Gasteiger partial charge in [-0.05, 0) is 45.3 Å². The zero-order chi connectivity index (χ0) is 15.2. The Hall–Kier alpha value is -1.60. The summed E-state index contributed by atoms with van der Waals surface area (Å²) in [5.74, 6) is -0.207. The van der Waals surface area contributed by atoms with Crippen molar-refractivity contribution in [3.05, 3.63) is 29.8 Å². The largest absolute Gasteiger partial charge is 0.352 e. The van der Waals surface area contributed by atoms with Crippen LogP contribution in [0.15, 0.2) is 24.3 Å². The molecule has 0 aliphatic rings. The van der Waals surface area contributed by atoms with Crippen LogP contribution < -0.4 is 10.0 Å². The van der Waals surface area contributed by atoms with Crippen molar-refractivity contribution in [1.82, 2.24) is 10.2 Å². The maximum Gasteiger partial charge on any atom is 0.251 e. The summed E-state index contributed by atoms with van der Waals surface area (Å²) in [6, 6.07) is 6.41. The third kappa shape index (κ3) is 6.53. The number of sulfonamides is 1. The van der Waals surface area contributed by atoms with E-state index in [1.54, 1.807) is 18.2 Å². The SMILES string of the molecule is CN(C)CCCNC(=O)c1cccc(NS(C)(=O)=O)c1. The number of nitrogens with one attached hydrogen (secondary N) is 2. The van der Waals surface area contributed by atoms with Crippen LogP contribution in [0.1, 0.15) is 16.8 Å². The number of nitrogens with zero attached hydrogens (tertiary/aromatic N) is 1. The first-order valence-corrected chi connectivity index (χ1v) is 8.18. The number of amides is 1. The van der Waals surface area contributed by atoms with E-state index in [4.69, 9.17) is 0 Å². The van der Waals surface area contributed by atoms with Gasteiger partial charge in [0.2, 0.25) is 10.0 Å². The molecular formula is C13H21N3O3S. The zero-order valence-corrected chi connectivity index (χ0v) is 12.8. The summed E-state index contributed by atoms with van der Waals surface area (Å²) in [5, 5.41) is 2.80. The predicted octanol–water partition coefficient (Wildman–Crippen LogP) is 0.740. The number of hydrogen-bond acceptors (Lipinski definition) is 4. The van der Waals surface area contributed by atoms with Crippen molar-refractivity contribution in [2.45, 2.75) is 6.42 Å². The van der Waals surface area contributed by atoms with E-state index in [9.17, 15) is 13.2 Å². The molecule has 0 spiro atoms. The summed E-state index contributed by atoms with van der Waals surface area (Å²) in [6.45, 7) is 1.48. The monoisotopic (exact) mass is 299 g/mol. The van der Waals surface area contributed by atoms with Gasteiger partial charge in [0.1, 0.15) is 0 Å². The Morgan fingerprint density at radius 1 is 1.30 bits per heavy atom. The van der Waals surface area contributed by atoms with Crippen molar-refractivity contribution < 1.29 is 13.2 Å². The fraction of sp³-hybridized carbons (Fsp3) is 0.462. The minimum Gasteiger partial charge on any atom is -0.352 e. The molecule has 1 aromatic rings. The molecule has 2 N–H and O–H groups in total. The van der Waals surface area contributed by atoms with Gasteiger partial charge >= 0.3 is 0 Å². The molecule has 0 unspecified atom stereocenters. The minimum atomic E-state index is -3.34. The van der Waals surface area contributed by atoms with Crippen LogP contribution in [0.5, 0.6) is 0 Å². The van der Waals surface area contributed by atoms with Crippen molar-refractivity contribution in [3.8, 4) is 0 Å². The lowest BCUT2D eigenvalue weighted by Gasteiger charge is -2.10. The molecule has 0 fully saturated rings. The van der Waals surface area contributed by atoms with E-state index in [1.807, 2.05) is 19.0 Å². The van der Waals surface area contributed by atoms with Gasteiger partial charge in [-0.1, -0.05) is 6.07 Å². The summed E-state index contributed by atoms with van der Waals surface area (Å²) >= 11 is 0. The van der Waals surface area contributed by atoms with Gasteiger partial charge in [0.15, 0.2) is 0 Å². The highest BCUT2D eigenvalue weighted by atomic mass is 32.2. The Bertz CT molecular complexity index is 556. The van der Waals surface area contributed by atoms with Crippen molar-refractivity contribution >= 4 is 21.6 Å². The normalized spacial score (nSPS) is 11.4. The third-order valence-electron chi connectivity index (χ3n) is 2.50.